The number of carboxylic acid groups (broad SMARTS) is 1. The summed E-state index contributed by atoms with van der Waals surface area (Å²) in [5.41, 5.74) is 11.3. The van der Waals surface area contributed by atoms with Gasteiger partial charge in [0.1, 0.15) is 23.9 Å². The van der Waals surface area contributed by atoms with Gasteiger partial charge in [0.2, 0.25) is 23.6 Å². The van der Waals surface area contributed by atoms with Gasteiger partial charge >= 0.3 is 5.97 Å². The van der Waals surface area contributed by atoms with Crippen molar-refractivity contribution in [3.8, 4) is 5.75 Å². The van der Waals surface area contributed by atoms with Crippen LogP contribution in [0.25, 0.3) is 0 Å². The molecule has 1 heterocycles. The SMILES string of the molecule is CCCCCCCC(=O)NCCCC[C@H](NC(=O)[C@@H](N)CC1=CN(CCc2ccccc2)CN1CCc1ccccc1)C(=O)N[C@@H](Cc1ccccc1)C(=O)N[C@@H](Cc1ccc(O)cc1)C(=O)O. The van der Waals surface area contributed by atoms with E-state index in [9.17, 15) is 34.2 Å². The Kier molecular flexibility index (Phi) is 21.9. The van der Waals surface area contributed by atoms with Gasteiger partial charge in [0.15, 0.2) is 0 Å². The van der Waals surface area contributed by atoms with Crippen LogP contribution in [0.5, 0.6) is 5.75 Å². The molecule has 0 spiro atoms. The molecule has 0 unspecified atom stereocenters. The number of aliphatic carboxylic acids is 1. The topological polar surface area (TPSA) is 206 Å². The number of carbonyl (C=O) groups excluding carboxylic acids is 4. The van der Waals surface area contributed by atoms with E-state index >= 15 is 0 Å². The number of hydrogen-bond acceptors (Lipinski definition) is 9. The Morgan fingerprint density at radius 3 is 1.78 bits per heavy atom. The highest BCUT2D eigenvalue weighted by Gasteiger charge is 2.32. The first kappa shape index (κ1) is 52.3. The van der Waals surface area contributed by atoms with Gasteiger partial charge in [-0.1, -0.05) is 136 Å². The standard InChI is InChI=1S/C54H71N7O7/c1-2-3-4-5-15-25-50(63)56-32-17-16-24-47(52(65)58-48(35-42-22-13-8-14-23-42)53(66)59-49(54(67)68)36-43-26-28-45(62)29-27-43)57-51(64)46(55)37-44-38-60(33-30-40-18-9-6-10-19-40)39-61(44)34-31-41-20-11-7-12-21-41/h6-14,18-23,26-29,38,46-49,62H,2-5,15-17,24-25,30-37,39,55H2,1H3,(H,56,63)(H,57,64)(H,58,65)(H,59,66)(H,67,68)/t46-,47-,48-,49-/m0/s1. The van der Waals surface area contributed by atoms with Crippen molar-refractivity contribution in [2.75, 3.05) is 26.3 Å². The number of hydrogen-bond donors (Lipinski definition) is 7. The summed E-state index contributed by atoms with van der Waals surface area (Å²) in [4.78, 5) is 71.9. The fourth-order valence-electron chi connectivity index (χ4n) is 8.22. The molecule has 4 aromatic rings. The third kappa shape index (κ3) is 18.5. The Balaban J connectivity index is 1.29. The number of nitrogens with one attached hydrogen (secondary N) is 4. The number of phenols is 1. The van der Waals surface area contributed by atoms with E-state index in [-0.39, 0.29) is 37.3 Å². The Hall–Kier alpha value is -6.67. The highest BCUT2D eigenvalue weighted by molar-refractivity contribution is 5.94. The lowest BCUT2D eigenvalue weighted by Gasteiger charge is -2.27. The molecule has 0 aromatic heterocycles. The van der Waals surface area contributed by atoms with E-state index in [4.69, 9.17) is 5.73 Å². The smallest absolute Gasteiger partial charge is 0.326 e. The number of nitrogens with two attached hydrogens (primary N) is 1. The number of carboxylic acids is 1. The van der Waals surface area contributed by atoms with E-state index in [1.807, 2.05) is 42.5 Å². The number of carbonyl (C=O) groups is 5. The second-order valence-corrected chi connectivity index (χ2v) is 17.7. The number of rotatable bonds is 30. The van der Waals surface area contributed by atoms with Crippen LogP contribution in [0.4, 0.5) is 0 Å². The van der Waals surface area contributed by atoms with Crippen molar-refractivity contribution in [2.24, 2.45) is 5.73 Å². The molecule has 8 N–H and O–H groups in total. The van der Waals surface area contributed by atoms with Gasteiger partial charge in [-0.2, -0.15) is 0 Å². The van der Waals surface area contributed by atoms with Crippen LogP contribution in [0.3, 0.4) is 0 Å². The van der Waals surface area contributed by atoms with Crippen LogP contribution in [0.1, 0.15) is 93.4 Å². The average Bonchev–Trinajstić information content (AvgIpc) is 3.73. The molecular formula is C54H71N7O7. The number of nitrogens with zero attached hydrogens (tertiary/aromatic N) is 2. The third-order valence-electron chi connectivity index (χ3n) is 12.2. The summed E-state index contributed by atoms with van der Waals surface area (Å²) in [6, 6.07) is 30.9. The maximum atomic E-state index is 14.4. The number of aromatic hydroxyl groups is 1. The van der Waals surface area contributed by atoms with Crippen LogP contribution < -0.4 is 27.0 Å². The van der Waals surface area contributed by atoms with Gasteiger partial charge in [-0.25, -0.2) is 4.79 Å². The molecule has 0 bridgehead atoms. The zero-order chi connectivity index (χ0) is 48.5. The largest absolute Gasteiger partial charge is 0.508 e. The molecule has 1 aliphatic rings. The molecule has 4 atom stereocenters. The maximum absolute atomic E-state index is 14.4. The molecule has 0 saturated carbocycles. The fraction of sp³-hybridized carbons (Fsp3) is 0.426. The molecule has 4 amide bonds. The normalized spacial score (nSPS) is 14.0. The summed E-state index contributed by atoms with van der Waals surface area (Å²) in [5.74, 6) is -3.14. The number of benzene rings is 4. The van der Waals surface area contributed by atoms with E-state index in [0.717, 1.165) is 69.3 Å². The summed E-state index contributed by atoms with van der Waals surface area (Å²) in [6.45, 7) is 4.69. The number of unbranched alkanes of at least 4 members (excludes halogenated alkanes) is 5. The van der Waals surface area contributed by atoms with Crippen LogP contribution in [0.15, 0.2) is 127 Å². The van der Waals surface area contributed by atoms with Crippen LogP contribution in [-0.4, -0.2) is 100 Å². The minimum atomic E-state index is -1.34. The Bertz CT molecular complexity index is 2190. The van der Waals surface area contributed by atoms with Crippen molar-refractivity contribution in [3.05, 3.63) is 149 Å². The molecule has 0 saturated heterocycles. The zero-order valence-electron chi connectivity index (χ0n) is 39.5. The van der Waals surface area contributed by atoms with Gasteiger partial charge in [0.25, 0.3) is 0 Å². The summed E-state index contributed by atoms with van der Waals surface area (Å²) in [5, 5.41) is 31.2. The Morgan fingerprint density at radius 2 is 1.15 bits per heavy atom. The average molecular weight is 930 g/mol. The monoisotopic (exact) mass is 930 g/mol. The van der Waals surface area contributed by atoms with E-state index < -0.39 is 47.9 Å². The number of phenolic OH excluding ortho intramolecular Hbond substituents is 1. The van der Waals surface area contributed by atoms with Gasteiger partial charge in [0, 0.05) is 57.2 Å². The van der Waals surface area contributed by atoms with Gasteiger partial charge in [0.05, 0.1) is 12.7 Å². The third-order valence-corrected chi connectivity index (χ3v) is 12.2. The van der Waals surface area contributed by atoms with Crippen molar-refractivity contribution in [1.29, 1.82) is 0 Å². The fourth-order valence-corrected chi connectivity index (χ4v) is 8.22. The first-order chi connectivity index (χ1) is 33.0. The lowest BCUT2D eigenvalue weighted by Crippen LogP contribution is -2.58. The highest BCUT2D eigenvalue weighted by Crippen LogP contribution is 2.22. The quantitative estimate of drug-likeness (QED) is 0.0305. The van der Waals surface area contributed by atoms with Crippen molar-refractivity contribution in [3.63, 3.8) is 0 Å². The summed E-state index contributed by atoms with van der Waals surface area (Å²) < 4.78 is 0. The lowest BCUT2D eigenvalue weighted by atomic mass is 10.0. The lowest BCUT2D eigenvalue weighted by molar-refractivity contribution is -0.142. The van der Waals surface area contributed by atoms with Crippen LogP contribution in [-0.2, 0) is 49.7 Å². The van der Waals surface area contributed by atoms with Crippen molar-refractivity contribution < 1.29 is 34.2 Å². The van der Waals surface area contributed by atoms with Crippen LogP contribution in [0, 0.1) is 0 Å². The first-order valence-electron chi connectivity index (χ1n) is 24.2. The van der Waals surface area contributed by atoms with Crippen LogP contribution >= 0.6 is 0 Å². The minimum Gasteiger partial charge on any atom is -0.508 e. The molecule has 4 aromatic carbocycles. The maximum Gasteiger partial charge on any atom is 0.326 e. The molecule has 5 rings (SSSR count). The molecule has 14 nitrogen and oxygen atoms in total. The number of amides is 4. The second kappa shape index (κ2) is 28.5. The molecule has 68 heavy (non-hydrogen) atoms. The van der Waals surface area contributed by atoms with Crippen molar-refractivity contribution >= 4 is 29.6 Å². The van der Waals surface area contributed by atoms with Gasteiger partial charge in [-0.3, -0.25) is 19.2 Å². The minimum absolute atomic E-state index is 0.0208. The van der Waals surface area contributed by atoms with E-state index in [0.29, 0.717) is 38.0 Å². The van der Waals surface area contributed by atoms with Gasteiger partial charge in [-0.15, -0.1) is 0 Å². The van der Waals surface area contributed by atoms with Crippen LogP contribution in [0.2, 0.25) is 0 Å². The molecule has 1 aliphatic heterocycles. The van der Waals surface area contributed by atoms with E-state index in [2.05, 4.69) is 68.5 Å². The van der Waals surface area contributed by atoms with E-state index in [1.54, 1.807) is 36.4 Å². The molecule has 0 fully saturated rings. The zero-order valence-corrected chi connectivity index (χ0v) is 39.5. The highest BCUT2D eigenvalue weighted by atomic mass is 16.4. The summed E-state index contributed by atoms with van der Waals surface area (Å²) in [6.07, 6.45) is 10.8. The summed E-state index contributed by atoms with van der Waals surface area (Å²) >= 11 is 0. The summed E-state index contributed by atoms with van der Waals surface area (Å²) in [7, 11) is 0. The predicted molar refractivity (Wildman–Crippen MR) is 265 cm³/mol. The van der Waals surface area contributed by atoms with E-state index in [1.165, 1.54) is 23.3 Å². The molecule has 0 aliphatic carbocycles. The first-order valence-corrected chi connectivity index (χ1v) is 24.2. The van der Waals surface area contributed by atoms with Gasteiger partial charge < -0.3 is 47.0 Å². The van der Waals surface area contributed by atoms with Crippen molar-refractivity contribution in [1.82, 2.24) is 31.1 Å². The van der Waals surface area contributed by atoms with Crippen molar-refractivity contribution in [2.45, 2.75) is 121 Å². The second-order valence-electron chi connectivity index (χ2n) is 17.7. The van der Waals surface area contributed by atoms with Gasteiger partial charge in [-0.05, 0) is 72.9 Å². The Morgan fingerprint density at radius 1 is 0.603 bits per heavy atom. The molecule has 0 radical (unpaired) electrons. The predicted octanol–water partition coefficient (Wildman–Crippen LogP) is 5.98. The molecule has 364 valence electrons. The Labute approximate surface area is 401 Å². The molecule has 14 heteroatoms. The molecular weight excluding hydrogens is 859 g/mol.